The van der Waals surface area contributed by atoms with Crippen LogP contribution < -0.4 is 16.4 Å². The average molecular weight is 294 g/mol. The maximum absolute atomic E-state index is 11.8. The Hall–Kier alpha value is -1.86. The van der Waals surface area contributed by atoms with E-state index in [1.165, 1.54) is 6.26 Å². The van der Waals surface area contributed by atoms with E-state index in [-0.39, 0.29) is 19.0 Å². The molecule has 0 aliphatic carbocycles. The van der Waals surface area contributed by atoms with Crippen molar-refractivity contribution in [3.63, 3.8) is 0 Å². The minimum atomic E-state index is -0.510. The van der Waals surface area contributed by atoms with Gasteiger partial charge in [-0.2, -0.15) is 0 Å². The van der Waals surface area contributed by atoms with Crippen LogP contribution in [0, 0.1) is 5.92 Å². The van der Waals surface area contributed by atoms with Gasteiger partial charge < -0.3 is 15.5 Å². The van der Waals surface area contributed by atoms with Gasteiger partial charge in [-0.05, 0) is 44.0 Å². The maximum atomic E-state index is 11.8. The zero-order valence-corrected chi connectivity index (χ0v) is 12.0. The molecule has 1 aromatic rings. The second-order valence-electron chi connectivity index (χ2n) is 5.29. The van der Waals surface area contributed by atoms with E-state index in [1.807, 2.05) is 4.90 Å². The van der Waals surface area contributed by atoms with Crippen molar-refractivity contribution >= 4 is 11.9 Å². The Labute approximate surface area is 123 Å². The summed E-state index contributed by atoms with van der Waals surface area (Å²) in [4.78, 5) is 25.4. The molecule has 1 aliphatic rings. The topological polar surface area (TPSA) is 101 Å². The number of hydrogen-bond acceptors (Lipinski definition) is 5. The number of furan rings is 1. The zero-order chi connectivity index (χ0) is 15.1. The number of nitrogens with zero attached hydrogens (tertiary/aromatic N) is 1. The third kappa shape index (κ3) is 5.20. The third-order valence-corrected chi connectivity index (χ3v) is 3.56. The van der Waals surface area contributed by atoms with E-state index in [2.05, 4.69) is 10.6 Å². The van der Waals surface area contributed by atoms with Crippen molar-refractivity contribution < 1.29 is 14.0 Å². The predicted octanol–water partition coefficient (Wildman–Crippen LogP) is 0.276. The van der Waals surface area contributed by atoms with Gasteiger partial charge in [0.15, 0.2) is 0 Å². The molecule has 21 heavy (non-hydrogen) atoms. The molecule has 7 nitrogen and oxygen atoms in total. The lowest BCUT2D eigenvalue weighted by atomic mass is 9.98. The molecule has 1 atom stereocenters. The molecule has 1 aromatic heterocycles. The molecule has 1 saturated heterocycles. The number of carbonyl (C=O) groups excluding carboxylic acids is 2. The number of urea groups is 1. The molecular weight excluding hydrogens is 272 g/mol. The van der Waals surface area contributed by atoms with Crippen LogP contribution >= 0.6 is 0 Å². The Kier molecular flexibility index (Phi) is 5.77. The average Bonchev–Trinajstić information content (AvgIpc) is 2.98. The van der Waals surface area contributed by atoms with Gasteiger partial charge in [0.25, 0.3) is 0 Å². The van der Waals surface area contributed by atoms with E-state index in [0.717, 1.165) is 25.9 Å². The molecule has 0 bridgehead atoms. The highest BCUT2D eigenvalue weighted by atomic mass is 16.3. The smallest absolute Gasteiger partial charge is 0.321 e. The standard InChI is InChI=1S/C14H22N4O3/c15-7-11-3-1-5-18(9-11)10-13(19)17-14(20)16-8-12-4-2-6-21-12/h2,4,6,11H,1,3,5,7-10,15H2,(H2,16,17,19,20). The molecule has 1 unspecified atom stereocenters. The van der Waals surface area contributed by atoms with Gasteiger partial charge in [0.1, 0.15) is 5.76 Å². The fraction of sp³-hybridized carbons (Fsp3) is 0.571. The molecule has 0 spiro atoms. The van der Waals surface area contributed by atoms with Crippen LogP contribution in [0.25, 0.3) is 0 Å². The van der Waals surface area contributed by atoms with Crippen LogP contribution in [0.15, 0.2) is 22.8 Å². The van der Waals surface area contributed by atoms with Gasteiger partial charge in [0.2, 0.25) is 5.91 Å². The molecule has 116 valence electrons. The number of imide groups is 1. The summed E-state index contributed by atoms with van der Waals surface area (Å²) in [5.41, 5.74) is 5.66. The third-order valence-electron chi connectivity index (χ3n) is 3.56. The minimum Gasteiger partial charge on any atom is -0.467 e. The number of amides is 3. The number of nitrogens with two attached hydrogens (primary N) is 1. The maximum Gasteiger partial charge on any atom is 0.321 e. The number of hydrogen-bond donors (Lipinski definition) is 3. The molecule has 1 aliphatic heterocycles. The van der Waals surface area contributed by atoms with Crippen LogP contribution in [-0.2, 0) is 11.3 Å². The van der Waals surface area contributed by atoms with Crippen LogP contribution in [0.1, 0.15) is 18.6 Å². The first kappa shape index (κ1) is 15.5. The Morgan fingerprint density at radius 1 is 1.48 bits per heavy atom. The largest absolute Gasteiger partial charge is 0.467 e. The normalized spacial score (nSPS) is 19.2. The SMILES string of the molecule is NCC1CCCN(CC(=O)NC(=O)NCc2ccco2)C1. The number of nitrogens with one attached hydrogen (secondary N) is 2. The van der Waals surface area contributed by atoms with Crippen molar-refractivity contribution in [2.75, 3.05) is 26.2 Å². The highest BCUT2D eigenvalue weighted by molar-refractivity contribution is 5.95. The molecule has 0 aromatic carbocycles. The second kappa shape index (κ2) is 7.80. The first-order valence-corrected chi connectivity index (χ1v) is 7.20. The van der Waals surface area contributed by atoms with Gasteiger partial charge in [-0.25, -0.2) is 4.79 Å². The summed E-state index contributed by atoms with van der Waals surface area (Å²) in [6, 6.07) is 2.98. The summed E-state index contributed by atoms with van der Waals surface area (Å²) < 4.78 is 5.09. The Balaban J connectivity index is 1.67. The molecule has 2 heterocycles. The Morgan fingerprint density at radius 2 is 2.33 bits per heavy atom. The van der Waals surface area contributed by atoms with E-state index >= 15 is 0 Å². The van der Waals surface area contributed by atoms with E-state index < -0.39 is 6.03 Å². The number of carbonyl (C=O) groups is 2. The van der Waals surface area contributed by atoms with E-state index in [1.54, 1.807) is 12.1 Å². The van der Waals surface area contributed by atoms with Crippen LogP contribution in [0.5, 0.6) is 0 Å². The van der Waals surface area contributed by atoms with Crippen molar-refractivity contribution in [2.45, 2.75) is 19.4 Å². The quantitative estimate of drug-likeness (QED) is 0.724. The van der Waals surface area contributed by atoms with Crippen LogP contribution in [0.2, 0.25) is 0 Å². The molecule has 7 heteroatoms. The predicted molar refractivity (Wildman–Crippen MR) is 77.3 cm³/mol. The van der Waals surface area contributed by atoms with Crippen LogP contribution in [0.3, 0.4) is 0 Å². The van der Waals surface area contributed by atoms with E-state index in [4.69, 9.17) is 10.2 Å². The van der Waals surface area contributed by atoms with Crippen molar-refractivity contribution in [3.05, 3.63) is 24.2 Å². The number of likely N-dealkylation sites (tertiary alicyclic amines) is 1. The summed E-state index contributed by atoms with van der Waals surface area (Å²) in [6.07, 6.45) is 3.68. The lowest BCUT2D eigenvalue weighted by Gasteiger charge is -2.31. The molecule has 3 amide bonds. The lowest BCUT2D eigenvalue weighted by Crippen LogP contribution is -2.47. The monoisotopic (exact) mass is 294 g/mol. The first-order valence-electron chi connectivity index (χ1n) is 7.20. The minimum absolute atomic E-state index is 0.227. The molecule has 0 radical (unpaired) electrons. The van der Waals surface area contributed by atoms with Crippen molar-refractivity contribution in [3.8, 4) is 0 Å². The summed E-state index contributed by atoms with van der Waals surface area (Å²) in [6.45, 7) is 2.81. The number of piperidine rings is 1. The van der Waals surface area contributed by atoms with Gasteiger partial charge in [0.05, 0.1) is 19.4 Å². The Bertz CT molecular complexity index is 461. The highest BCUT2D eigenvalue weighted by Gasteiger charge is 2.21. The first-order chi connectivity index (χ1) is 10.2. The van der Waals surface area contributed by atoms with Crippen molar-refractivity contribution in [2.24, 2.45) is 11.7 Å². The molecular formula is C14H22N4O3. The molecule has 2 rings (SSSR count). The van der Waals surface area contributed by atoms with Crippen molar-refractivity contribution in [1.82, 2.24) is 15.5 Å². The van der Waals surface area contributed by atoms with Gasteiger partial charge in [0, 0.05) is 6.54 Å². The van der Waals surface area contributed by atoms with Crippen LogP contribution in [0.4, 0.5) is 4.79 Å². The summed E-state index contributed by atoms with van der Waals surface area (Å²) in [5, 5.41) is 4.89. The van der Waals surface area contributed by atoms with Gasteiger partial charge in [-0.15, -0.1) is 0 Å². The summed E-state index contributed by atoms with van der Waals surface area (Å²) in [5.74, 6) is 0.781. The van der Waals surface area contributed by atoms with Gasteiger partial charge >= 0.3 is 6.03 Å². The fourth-order valence-corrected chi connectivity index (χ4v) is 2.48. The summed E-state index contributed by atoms with van der Waals surface area (Å²) in [7, 11) is 0. The van der Waals surface area contributed by atoms with Gasteiger partial charge in [-0.3, -0.25) is 15.0 Å². The van der Waals surface area contributed by atoms with E-state index in [9.17, 15) is 9.59 Å². The fourth-order valence-electron chi connectivity index (χ4n) is 2.48. The molecule has 1 fully saturated rings. The molecule has 0 saturated carbocycles. The second-order valence-corrected chi connectivity index (χ2v) is 5.29. The van der Waals surface area contributed by atoms with E-state index in [0.29, 0.717) is 18.2 Å². The number of rotatable bonds is 5. The Morgan fingerprint density at radius 3 is 3.05 bits per heavy atom. The zero-order valence-electron chi connectivity index (χ0n) is 12.0. The lowest BCUT2D eigenvalue weighted by molar-refractivity contribution is -0.121. The van der Waals surface area contributed by atoms with Crippen LogP contribution in [-0.4, -0.2) is 43.0 Å². The molecule has 4 N–H and O–H groups in total. The van der Waals surface area contributed by atoms with Crippen molar-refractivity contribution in [1.29, 1.82) is 0 Å². The van der Waals surface area contributed by atoms with Gasteiger partial charge in [-0.1, -0.05) is 0 Å². The highest BCUT2D eigenvalue weighted by Crippen LogP contribution is 2.14. The summed E-state index contributed by atoms with van der Waals surface area (Å²) >= 11 is 0.